The molecule has 2 aromatic rings. The zero-order valence-electron chi connectivity index (χ0n) is 15.6. The standard InChI is InChI=1S/C22H21NO4S/c1-3-13-26-19-10-6-17(7-11-19)15-20-21(24)23(22(25)28-20)12-14-27-18-8-4-16(2)5-9-18/h3-11,15H,1,12-14H2,2H3/b20-15-. The molecule has 2 aromatic carbocycles. The fourth-order valence-corrected chi connectivity index (χ4v) is 3.41. The summed E-state index contributed by atoms with van der Waals surface area (Å²) in [6.07, 6.45) is 3.38. The molecule has 1 fully saturated rings. The van der Waals surface area contributed by atoms with Crippen LogP contribution in [0.5, 0.6) is 11.5 Å². The van der Waals surface area contributed by atoms with Crippen molar-refractivity contribution in [2.45, 2.75) is 6.92 Å². The number of ether oxygens (including phenoxy) is 2. The molecule has 0 N–H and O–H groups in total. The first-order chi connectivity index (χ1) is 13.6. The second kappa shape index (κ2) is 9.28. The van der Waals surface area contributed by atoms with Gasteiger partial charge in [-0.15, -0.1) is 0 Å². The van der Waals surface area contributed by atoms with Crippen molar-refractivity contribution in [1.29, 1.82) is 0 Å². The van der Waals surface area contributed by atoms with Crippen LogP contribution in [-0.4, -0.2) is 35.8 Å². The Bertz CT molecular complexity index is 888. The molecule has 0 bridgehead atoms. The molecule has 0 radical (unpaired) electrons. The van der Waals surface area contributed by atoms with Crippen LogP contribution in [0.4, 0.5) is 4.79 Å². The molecule has 1 aliphatic heterocycles. The molecular weight excluding hydrogens is 374 g/mol. The van der Waals surface area contributed by atoms with Gasteiger partial charge in [-0.05, 0) is 54.6 Å². The zero-order chi connectivity index (χ0) is 19.9. The summed E-state index contributed by atoms with van der Waals surface area (Å²) in [5.74, 6) is 1.14. The monoisotopic (exact) mass is 395 g/mol. The number of nitrogens with zero attached hydrogens (tertiary/aromatic N) is 1. The lowest BCUT2D eigenvalue weighted by atomic mass is 10.2. The number of imide groups is 1. The average molecular weight is 395 g/mol. The highest BCUT2D eigenvalue weighted by Gasteiger charge is 2.34. The smallest absolute Gasteiger partial charge is 0.293 e. The first-order valence-corrected chi connectivity index (χ1v) is 9.67. The number of hydrogen-bond donors (Lipinski definition) is 0. The summed E-state index contributed by atoms with van der Waals surface area (Å²) in [4.78, 5) is 26.3. The van der Waals surface area contributed by atoms with Gasteiger partial charge in [-0.25, -0.2) is 0 Å². The van der Waals surface area contributed by atoms with Crippen LogP contribution < -0.4 is 9.47 Å². The first-order valence-electron chi connectivity index (χ1n) is 8.85. The number of rotatable bonds is 8. The van der Waals surface area contributed by atoms with Gasteiger partial charge in [-0.1, -0.05) is 42.5 Å². The van der Waals surface area contributed by atoms with E-state index in [-0.39, 0.29) is 24.3 Å². The van der Waals surface area contributed by atoms with E-state index in [0.717, 1.165) is 28.6 Å². The molecule has 0 atom stereocenters. The minimum absolute atomic E-state index is 0.213. The van der Waals surface area contributed by atoms with Crippen LogP contribution in [0.15, 0.2) is 66.1 Å². The highest BCUT2D eigenvalue weighted by molar-refractivity contribution is 8.18. The Morgan fingerprint density at radius 2 is 1.64 bits per heavy atom. The maximum atomic E-state index is 12.5. The first kappa shape index (κ1) is 19.8. The molecule has 0 saturated carbocycles. The van der Waals surface area contributed by atoms with Crippen molar-refractivity contribution in [1.82, 2.24) is 4.90 Å². The topological polar surface area (TPSA) is 55.8 Å². The van der Waals surface area contributed by atoms with E-state index in [1.807, 2.05) is 55.5 Å². The van der Waals surface area contributed by atoms with E-state index in [0.29, 0.717) is 17.3 Å². The molecule has 1 saturated heterocycles. The van der Waals surface area contributed by atoms with Gasteiger partial charge in [-0.2, -0.15) is 0 Å². The van der Waals surface area contributed by atoms with Crippen molar-refractivity contribution < 1.29 is 19.1 Å². The number of amides is 2. The lowest BCUT2D eigenvalue weighted by Crippen LogP contribution is -2.32. The largest absolute Gasteiger partial charge is 0.492 e. The van der Waals surface area contributed by atoms with Gasteiger partial charge in [0.15, 0.2) is 0 Å². The second-order valence-corrected chi connectivity index (χ2v) is 7.16. The molecule has 0 aliphatic carbocycles. The van der Waals surface area contributed by atoms with Gasteiger partial charge < -0.3 is 9.47 Å². The molecule has 3 rings (SSSR count). The van der Waals surface area contributed by atoms with Gasteiger partial charge in [0.1, 0.15) is 24.7 Å². The molecule has 1 heterocycles. The Hall–Kier alpha value is -2.99. The van der Waals surface area contributed by atoms with E-state index >= 15 is 0 Å². The molecular formula is C22H21NO4S. The molecule has 0 unspecified atom stereocenters. The lowest BCUT2D eigenvalue weighted by Gasteiger charge is -2.13. The van der Waals surface area contributed by atoms with Gasteiger partial charge in [0.05, 0.1) is 11.4 Å². The normalized spacial score (nSPS) is 15.2. The van der Waals surface area contributed by atoms with Crippen LogP contribution in [0.1, 0.15) is 11.1 Å². The van der Waals surface area contributed by atoms with Crippen LogP contribution >= 0.6 is 11.8 Å². The predicted molar refractivity (Wildman–Crippen MR) is 111 cm³/mol. The average Bonchev–Trinajstić information content (AvgIpc) is 2.96. The number of hydrogen-bond acceptors (Lipinski definition) is 5. The quantitative estimate of drug-likeness (QED) is 0.480. The molecule has 0 spiro atoms. The van der Waals surface area contributed by atoms with Gasteiger partial charge in [0.2, 0.25) is 0 Å². The van der Waals surface area contributed by atoms with Crippen molar-refractivity contribution in [2.75, 3.05) is 19.8 Å². The van der Waals surface area contributed by atoms with E-state index in [1.54, 1.807) is 12.2 Å². The SMILES string of the molecule is C=CCOc1ccc(/C=C2\SC(=O)N(CCOc3ccc(C)cc3)C2=O)cc1. The summed E-state index contributed by atoms with van der Waals surface area (Å²) < 4.78 is 11.1. The van der Waals surface area contributed by atoms with Crippen molar-refractivity contribution in [3.8, 4) is 11.5 Å². The lowest BCUT2D eigenvalue weighted by molar-refractivity contribution is -0.123. The molecule has 0 aromatic heterocycles. The van der Waals surface area contributed by atoms with E-state index < -0.39 is 0 Å². The van der Waals surface area contributed by atoms with Gasteiger partial charge in [0, 0.05) is 0 Å². The fraction of sp³-hybridized carbons (Fsp3) is 0.182. The summed E-state index contributed by atoms with van der Waals surface area (Å²) in [5.41, 5.74) is 1.97. The minimum atomic E-state index is -0.297. The Morgan fingerprint density at radius 3 is 2.32 bits per heavy atom. The highest BCUT2D eigenvalue weighted by atomic mass is 32.2. The summed E-state index contributed by atoms with van der Waals surface area (Å²) >= 11 is 0.941. The van der Waals surface area contributed by atoms with Gasteiger partial charge >= 0.3 is 0 Å². The zero-order valence-corrected chi connectivity index (χ0v) is 16.4. The summed E-state index contributed by atoms with van der Waals surface area (Å²) in [6.45, 7) is 6.50. The minimum Gasteiger partial charge on any atom is -0.492 e. The molecule has 2 amide bonds. The summed E-state index contributed by atoms with van der Waals surface area (Å²) in [6, 6.07) is 14.9. The molecule has 1 aliphatic rings. The molecule has 6 heteroatoms. The van der Waals surface area contributed by atoms with Gasteiger partial charge in [0.25, 0.3) is 11.1 Å². The Kier molecular flexibility index (Phi) is 6.55. The molecule has 5 nitrogen and oxygen atoms in total. The Labute approximate surface area is 168 Å². The number of carbonyl (C=O) groups is 2. The van der Waals surface area contributed by atoms with Crippen LogP contribution in [0, 0.1) is 6.92 Å². The maximum Gasteiger partial charge on any atom is 0.293 e. The maximum absolute atomic E-state index is 12.5. The number of thioether (sulfide) groups is 1. The van der Waals surface area contributed by atoms with Crippen molar-refractivity contribution in [3.63, 3.8) is 0 Å². The Balaban J connectivity index is 1.58. The molecule has 28 heavy (non-hydrogen) atoms. The number of benzene rings is 2. The van der Waals surface area contributed by atoms with Crippen LogP contribution in [-0.2, 0) is 4.79 Å². The van der Waals surface area contributed by atoms with Gasteiger partial charge in [-0.3, -0.25) is 14.5 Å². The highest BCUT2D eigenvalue weighted by Crippen LogP contribution is 2.32. The number of carbonyl (C=O) groups excluding carboxylic acids is 2. The third-order valence-corrected chi connectivity index (χ3v) is 4.93. The summed E-state index contributed by atoms with van der Waals surface area (Å²) in [5, 5.41) is -0.283. The van der Waals surface area contributed by atoms with E-state index in [2.05, 4.69) is 6.58 Å². The summed E-state index contributed by atoms with van der Waals surface area (Å²) in [7, 11) is 0. The van der Waals surface area contributed by atoms with Crippen molar-refractivity contribution in [2.24, 2.45) is 0 Å². The predicted octanol–water partition coefficient (Wildman–Crippen LogP) is 4.68. The van der Waals surface area contributed by atoms with E-state index in [9.17, 15) is 9.59 Å². The third kappa shape index (κ3) is 5.04. The third-order valence-electron chi connectivity index (χ3n) is 4.02. The number of aryl methyl sites for hydroxylation is 1. The Morgan fingerprint density at radius 1 is 1.00 bits per heavy atom. The van der Waals surface area contributed by atoms with Crippen LogP contribution in [0.3, 0.4) is 0 Å². The second-order valence-electron chi connectivity index (χ2n) is 6.16. The van der Waals surface area contributed by atoms with E-state index in [4.69, 9.17) is 9.47 Å². The van der Waals surface area contributed by atoms with Crippen molar-refractivity contribution in [3.05, 3.63) is 77.2 Å². The molecule has 144 valence electrons. The van der Waals surface area contributed by atoms with E-state index in [1.165, 1.54) is 4.90 Å². The fourth-order valence-electron chi connectivity index (χ4n) is 2.55. The van der Waals surface area contributed by atoms with Crippen LogP contribution in [0.2, 0.25) is 0 Å². The van der Waals surface area contributed by atoms with Crippen LogP contribution in [0.25, 0.3) is 6.08 Å². The van der Waals surface area contributed by atoms with Crippen molar-refractivity contribution >= 4 is 29.0 Å².